The fourth-order valence-electron chi connectivity index (χ4n) is 7.15. The van der Waals surface area contributed by atoms with Crippen molar-refractivity contribution >= 4 is 30.6 Å². The minimum atomic E-state index is -1.67. The van der Waals surface area contributed by atoms with Crippen molar-refractivity contribution in [2.24, 2.45) is 17.3 Å². The summed E-state index contributed by atoms with van der Waals surface area (Å²) in [5.74, 6) is 3.45. The molecule has 0 saturated heterocycles. The van der Waals surface area contributed by atoms with Crippen LogP contribution in [-0.2, 0) is 10.8 Å². The normalized spacial score (nSPS) is 32.1. The van der Waals surface area contributed by atoms with Crippen molar-refractivity contribution in [3.05, 3.63) is 23.3 Å². The zero-order valence-corrected chi connectivity index (χ0v) is 26.0. The third-order valence-electron chi connectivity index (χ3n) is 8.20. The summed E-state index contributed by atoms with van der Waals surface area (Å²) in [6.07, 6.45) is 8.26. The monoisotopic (exact) mass is 503 g/mol. The van der Waals surface area contributed by atoms with Crippen LogP contribution in [0.25, 0.3) is 0 Å². The van der Waals surface area contributed by atoms with Crippen LogP contribution in [0.5, 0.6) is 5.75 Å². The highest BCUT2D eigenvalue weighted by atomic mass is 28.4. The van der Waals surface area contributed by atoms with Gasteiger partial charge in [-0.25, -0.2) is 0 Å². The van der Waals surface area contributed by atoms with Crippen molar-refractivity contribution < 1.29 is 8.85 Å². The molecule has 3 aliphatic rings. The van der Waals surface area contributed by atoms with Crippen LogP contribution in [0.4, 0.5) is 5.69 Å². The molecule has 1 N–H and O–H groups in total. The smallest absolute Gasteiger partial charge is 0.242 e. The summed E-state index contributed by atoms with van der Waals surface area (Å²) < 4.78 is 13.4. The molecule has 0 amide bonds. The Labute approximate surface area is 206 Å². The van der Waals surface area contributed by atoms with Crippen LogP contribution in [0.15, 0.2) is 12.1 Å². The molecule has 186 valence electrons. The van der Waals surface area contributed by atoms with E-state index in [1.165, 1.54) is 44.2 Å². The van der Waals surface area contributed by atoms with E-state index in [0.29, 0.717) is 17.4 Å². The standard InChI is InChI=1S/C27H49NO2Si3/c1-27-18-17-20-19-13-15-24(29-32(5,6)7)26(28-31(2,3)4)22(19)12-11-21(20)23(27)14-16-25(27)30-33(8,9)10/h13,15,20-21,23,25,28H,11-12,14,16-18H2,1-10H3. The summed E-state index contributed by atoms with van der Waals surface area (Å²) in [6, 6.07) is 4.76. The third-order valence-corrected chi connectivity index (χ3v) is 11.0. The van der Waals surface area contributed by atoms with Gasteiger partial charge in [-0.1, -0.05) is 32.6 Å². The Kier molecular flexibility index (Phi) is 6.59. The maximum atomic E-state index is 6.78. The van der Waals surface area contributed by atoms with Crippen LogP contribution < -0.4 is 9.41 Å². The van der Waals surface area contributed by atoms with Crippen molar-refractivity contribution in [2.75, 3.05) is 4.98 Å². The van der Waals surface area contributed by atoms with Gasteiger partial charge in [-0.2, -0.15) is 0 Å². The largest absolute Gasteiger partial charge is 0.543 e. The number of rotatable bonds is 6. The van der Waals surface area contributed by atoms with Crippen LogP contribution in [0, 0.1) is 17.3 Å². The van der Waals surface area contributed by atoms with E-state index in [9.17, 15) is 0 Å². The van der Waals surface area contributed by atoms with Gasteiger partial charge in [0.25, 0.3) is 0 Å². The Morgan fingerprint density at radius 2 is 1.58 bits per heavy atom. The van der Waals surface area contributed by atoms with E-state index in [1.54, 1.807) is 11.1 Å². The summed E-state index contributed by atoms with van der Waals surface area (Å²) in [5.41, 5.74) is 4.92. The predicted octanol–water partition coefficient (Wildman–Crippen LogP) is 8.22. The quantitative estimate of drug-likeness (QED) is 0.397. The van der Waals surface area contributed by atoms with E-state index in [0.717, 1.165) is 17.6 Å². The Morgan fingerprint density at radius 1 is 0.879 bits per heavy atom. The molecule has 5 atom stereocenters. The summed E-state index contributed by atoms with van der Waals surface area (Å²) >= 11 is 0. The Hall–Kier alpha value is -0.569. The van der Waals surface area contributed by atoms with Gasteiger partial charge in [0.15, 0.2) is 8.32 Å². The molecule has 2 fully saturated rings. The van der Waals surface area contributed by atoms with Crippen LogP contribution in [0.2, 0.25) is 58.9 Å². The molecule has 0 aromatic heterocycles. The lowest BCUT2D eigenvalue weighted by molar-refractivity contribution is -0.0140. The fourth-order valence-corrected chi connectivity index (χ4v) is 10.2. The molecule has 6 heteroatoms. The van der Waals surface area contributed by atoms with Crippen molar-refractivity contribution in [1.29, 1.82) is 0 Å². The number of fused-ring (bicyclic) bond motifs is 5. The Bertz CT molecular complexity index is 883. The van der Waals surface area contributed by atoms with Gasteiger partial charge in [0.2, 0.25) is 8.32 Å². The maximum absolute atomic E-state index is 6.78. The highest BCUT2D eigenvalue weighted by Gasteiger charge is 2.56. The number of hydrogen-bond acceptors (Lipinski definition) is 3. The predicted molar refractivity (Wildman–Crippen MR) is 150 cm³/mol. The van der Waals surface area contributed by atoms with Crippen molar-refractivity contribution in [1.82, 2.24) is 0 Å². The lowest BCUT2D eigenvalue weighted by Crippen LogP contribution is -2.47. The molecule has 0 spiro atoms. The number of anilines is 1. The van der Waals surface area contributed by atoms with E-state index >= 15 is 0 Å². The van der Waals surface area contributed by atoms with Gasteiger partial charge in [-0.3, -0.25) is 0 Å². The van der Waals surface area contributed by atoms with Gasteiger partial charge in [-0.15, -0.1) is 0 Å². The first-order valence-electron chi connectivity index (χ1n) is 13.4. The molecule has 0 radical (unpaired) electrons. The first kappa shape index (κ1) is 25.5. The topological polar surface area (TPSA) is 30.5 Å². The second-order valence-corrected chi connectivity index (χ2v) is 28.0. The van der Waals surface area contributed by atoms with Gasteiger partial charge in [0, 0.05) is 0 Å². The van der Waals surface area contributed by atoms with E-state index in [2.05, 4.69) is 83.0 Å². The third kappa shape index (κ3) is 5.34. The van der Waals surface area contributed by atoms with Gasteiger partial charge in [0.1, 0.15) is 14.0 Å². The highest BCUT2D eigenvalue weighted by molar-refractivity contribution is 6.79. The van der Waals surface area contributed by atoms with Crippen molar-refractivity contribution in [3.63, 3.8) is 0 Å². The molecule has 1 aromatic rings. The van der Waals surface area contributed by atoms with E-state index < -0.39 is 24.9 Å². The zero-order chi connectivity index (χ0) is 24.4. The first-order valence-corrected chi connectivity index (χ1v) is 23.7. The first-order chi connectivity index (χ1) is 15.1. The SMILES string of the molecule is CC12CCC3c4ccc(O[Si](C)(C)C)c(N[Si](C)(C)C)c4CCC3C1CCC2O[Si](C)(C)C. The molecular formula is C27H49NO2Si3. The van der Waals surface area contributed by atoms with Crippen LogP contribution in [0.3, 0.4) is 0 Å². The van der Waals surface area contributed by atoms with Gasteiger partial charge in [-0.05, 0) is 118 Å². The van der Waals surface area contributed by atoms with Crippen molar-refractivity contribution in [3.8, 4) is 5.75 Å². The lowest BCUT2D eigenvalue weighted by atomic mass is 9.55. The Balaban J connectivity index is 1.67. The average molecular weight is 504 g/mol. The van der Waals surface area contributed by atoms with E-state index in [4.69, 9.17) is 8.85 Å². The molecule has 5 unspecified atom stereocenters. The van der Waals surface area contributed by atoms with Crippen LogP contribution >= 0.6 is 0 Å². The van der Waals surface area contributed by atoms with E-state index in [1.807, 2.05) is 0 Å². The minimum absolute atomic E-state index is 0.374. The molecule has 0 aliphatic heterocycles. The number of benzene rings is 1. The summed E-state index contributed by atoms with van der Waals surface area (Å²) in [5, 5.41) is 0. The summed E-state index contributed by atoms with van der Waals surface area (Å²) in [4.78, 5) is 4.00. The minimum Gasteiger partial charge on any atom is -0.543 e. The van der Waals surface area contributed by atoms with Gasteiger partial charge < -0.3 is 13.8 Å². The van der Waals surface area contributed by atoms with Gasteiger partial charge >= 0.3 is 0 Å². The van der Waals surface area contributed by atoms with Gasteiger partial charge in [0.05, 0.1) is 11.8 Å². The molecule has 3 aliphatic carbocycles. The van der Waals surface area contributed by atoms with Crippen molar-refractivity contribution in [2.45, 2.75) is 116 Å². The number of nitrogens with one attached hydrogen (secondary N) is 1. The molecule has 1 aromatic carbocycles. The average Bonchev–Trinajstić information content (AvgIpc) is 2.96. The molecule has 0 heterocycles. The lowest BCUT2D eigenvalue weighted by Gasteiger charge is -2.51. The van der Waals surface area contributed by atoms with Crippen LogP contribution in [-0.4, -0.2) is 31.0 Å². The summed E-state index contributed by atoms with van der Waals surface area (Å²) in [6.45, 7) is 23.7. The zero-order valence-electron chi connectivity index (χ0n) is 23.0. The Morgan fingerprint density at radius 3 is 2.18 bits per heavy atom. The molecule has 0 bridgehead atoms. The molecule has 4 rings (SSSR count). The summed E-state index contributed by atoms with van der Waals surface area (Å²) in [7, 11) is -4.69. The second-order valence-electron chi connectivity index (χ2n) is 14.4. The second kappa shape index (κ2) is 8.52. The molecule has 2 saturated carbocycles. The molecular weight excluding hydrogens is 455 g/mol. The fraction of sp³-hybridized carbons (Fsp3) is 0.778. The maximum Gasteiger partial charge on any atom is 0.242 e. The van der Waals surface area contributed by atoms with Crippen LogP contribution in [0.1, 0.15) is 56.1 Å². The number of hydrogen-bond donors (Lipinski definition) is 1. The van der Waals surface area contributed by atoms with E-state index in [-0.39, 0.29) is 0 Å². The molecule has 33 heavy (non-hydrogen) atoms. The highest BCUT2D eigenvalue weighted by Crippen LogP contribution is 2.62. The molecule has 3 nitrogen and oxygen atoms in total.